The molecule has 0 atom stereocenters. The molecular formula is C14H33FN2. The molecule has 0 amide bonds. The van der Waals surface area contributed by atoms with Crippen LogP contribution in [-0.4, -0.2) is 37.6 Å². The maximum atomic E-state index is 3.53. The van der Waals surface area contributed by atoms with Gasteiger partial charge in [0.1, 0.15) is 0 Å². The lowest BCUT2D eigenvalue weighted by Gasteiger charge is -2.17. The zero-order valence-electron chi connectivity index (χ0n) is 12.1. The van der Waals surface area contributed by atoms with Crippen molar-refractivity contribution >= 4 is 0 Å². The van der Waals surface area contributed by atoms with Crippen LogP contribution in [0.2, 0.25) is 0 Å². The Morgan fingerprint density at radius 1 is 0.765 bits per heavy atom. The van der Waals surface area contributed by atoms with Crippen molar-refractivity contribution in [2.24, 2.45) is 0 Å². The molecule has 1 N–H and O–H groups in total. The van der Waals surface area contributed by atoms with Crippen LogP contribution in [-0.2, 0) is 0 Å². The molecule has 0 rings (SSSR count). The minimum atomic E-state index is 0. The molecule has 0 fully saturated rings. The van der Waals surface area contributed by atoms with Gasteiger partial charge in [0.05, 0.1) is 0 Å². The molecule has 0 aliphatic heterocycles. The Balaban J connectivity index is 0. The normalized spacial score (nSPS) is 10.6. The number of halogens is 1. The molecule has 0 aliphatic rings. The Morgan fingerprint density at radius 2 is 1.35 bits per heavy atom. The third-order valence-corrected chi connectivity index (χ3v) is 3.21. The van der Waals surface area contributed by atoms with E-state index in [9.17, 15) is 0 Å². The first-order chi connectivity index (χ1) is 7.85. The molecule has 3 heteroatoms. The van der Waals surface area contributed by atoms with Crippen molar-refractivity contribution in [2.45, 2.75) is 59.3 Å². The van der Waals surface area contributed by atoms with E-state index in [1.54, 1.807) is 0 Å². The summed E-state index contributed by atoms with van der Waals surface area (Å²) in [5.41, 5.74) is 0. The van der Waals surface area contributed by atoms with Gasteiger partial charge in [-0.15, -0.1) is 0 Å². The van der Waals surface area contributed by atoms with Crippen molar-refractivity contribution in [1.29, 1.82) is 0 Å². The summed E-state index contributed by atoms with van der Waals surface area (Å²) < 4.78 is 0. The van der Waals surface area contributed by atoms with Crippen molar-refractivity contribution < 1.29 is 4.70 Å². The zero-order valence-corrected chi connectivity index (χ0v) is 12.1. The minimum Gasteiger partial charge on any atom is -0.315 e. The Kier molecular flexibility index (Phi) is 17.9. The van der Waals surface area contributed by atoms with E-state index in [4.69, 9.17) is 0 Å². The molecule has 0 aromatic rings. The Bertz CT molecular complexity index is 127. The molecule has 0 unspecified atom stereocenters. The van der Waals surface area contributed by atoms with Crippen molar-refractivity contribution in [3.8, 4) is 0 Å². The fraction of sp³-hybridized carbons (Fsp3) is 1.00. The molecule has 17 heavy (non-hydrogen) atoms. The van der Waals surface area contributed by atoms with Crippen LogP contribution in [0.3, 0.4) is 0 Å². The van der Waals surface area contributed by atoms with Gasteiger partial charge in [-0.05, 0) is 26.1 Å². The predicted molar refractivity (Wildman–Crippen MR) is 76.5 cm³/mol. The van der Waals surface area contributed by atoms with Crippen LogP contribution in [0, 0.1) is 0 Å². The molecule has 0 aromatic heterocycles. The number of unbranched alkanes of at least 4 members (excludes halogenated alkanes) is 5. The van der Waals surface area contributed by atoms with Crippen LogP contribution in [0.5, 0.6) is 0 Å². The lowest BCUT2D eigenvalue weighted by molar-refractivity contribution is 0.302. The third kappa shape index (κ3) is 13.8. The van der Waals surface area contributed by atoms with Gasteiger partial charge >= 0.3 is 0 Å². The van der Waals surface area contributed by atoms with Gasteiger partial charge < -0.3 is 10.2 Å². The maximum Gasteiger partial charge on any atom is 0.0107 e. The van der Waals surface area contributed by atoms with E-state index >= 15 is 0 Å². The van der Waals surface area contributed by atoms with Gasteiger partial charge in [-0.25, -0.2) is 0 Å². The van der Waals surface area contributed by atoms with E-state index in [1.807, 2.05) is 0 Å². The van der Waals surface area contributed by atoms with Gasteiger partial charge in [0.25, 0.3) is 0 Å². The molecule has 0 spiro atoms. The third-order valence-electron chi connectivity index (χ3n) is 3.21. The zero-order chi connectivity index (χ0) is 12.1. The summed E-state index contributed by atoms with van der Waals surface area (Å²) in [4.78, 5) is 2.47. The lowest BCUT2D eigenvalue weighted by atomic mass is 10.1. The van der Waals surface area contributed by atoms with E-state index in [2.05, 4.69) is 31.0 Å². The topological polar surface area (TPSA) is 15.3 Å². The highest BCUT2D eigenvalue weighted by Crippen LogP contribution is 2.03. The fourth-order valence-corrected chi connectivity index (χ4v) is 1.93. The van der Waals surface area contributed by atoms with E-state index in [1.165, 1.54) is 64.7 Å². The lowest BCUT2D eigenvalue weighted by Crippen LogP contribution is -2.32. The van der Waals surface area contributed by atoms with Crippen LogP contribution < -0.4 is 5.32 Å². The molecule has 0 saturated carbocycles. The first-order valence-electron chi connectivity index (χ1n) is 7.28. The summed E-state index contributed by atoms with van der Waals surface area (Å²) in [5, 5.41) is 3.53. The van der Waals surface area contributed by atoms with Crippen molar-refractivity contribution in [3.05, 3.63) is 0 Å². The first kappa shape index (κ1) is 19.2. The molecule has 0 radical (unpaired) electrons. The van der Waals surface area contributed by atoms with Crippen molar-refractivity contribution in [3.63, 3.8) is 0 Å². The van der Waals surface area contributed by atoms with E-state index in [0.29, 0.717) is 0 Å². The van der Waals surface area contributed by atoms with Gasteiger partial charge in [-0.3, -0.25) is 4.70 Å². The number of nitrogens with one attached hydrogen (secondary N) is 1. The fourth-order valence-electron chi connectivity index (χ4n) is 1.93. The van der Waals surface area contributed by atoms with E-state index < -0.39 is 0 Å². The van der Waals surface area contributed by atoms with E-state index in [-0.39, 0.29) is 4.70 Å². The first-order valence-corrected chi connectivity index (χ1v) is 7.28. The molecule has 2 nitrogen and oxygen atoms in total. The largest absolute Gasteiger partial charge is 0.315 e. The van der Waals surface area contributed by atoms with Crippen molar-refractivity contribution in [2.75, 3.05) is 32.7 Å². The highest BCUT2D eigenvalue weighted by atomic mass is 19.0. The molecule has 0 heterocycles. The number of hydrogen-bond donors (Lipinski definition) is 1. The highest BCUT2D eigenvalue weighted by molar-refractivity contribution is 4.56. The van der Waals surface area contributed by atoms with Crippen LogP contribution in [0.15, 0.2) is 0 Å². The van der Waals surface area contributed by atoms with Gasteiger partial charge in [0, 0.05) is 13.1 Å². The van der Waals surface area contributed by atoms with E-state index in [0.717, 1.165) is 6.54 Å². The van der Waals surface area contributed by atoms with Gasteiger partial charge in [0.15, 0.2) is 0 Å². The van der Waals surface area contributed by atoms with Crippen LogP contribution >= 0.6 is 0 Å². The maximum absolute atomic E-state index is 3.53. The van der Waals surface area contributed by atoms with Gasteiger partial charge in [-0.1, -0.05) is 52.9 Å². The summed E-state index contributed by atoms with van der Waals surface area (Å²) in [6.45, 7) is 12.6. The van der Waals surface area contributed by atoms with Crippen LogP contribution in [0.25, 0.3) is 0 Å². The molecular weight excluding hydrogens is 215 g/mol. The predicted octanol–water partition coefficient (Wildman–Crippen LogP) is 3.43. The van der Waals surface area contributed by atoms with Crippen LogP contribution in [0.1, 0.15) is 59.3 Å². The molecule has 0 saturated heterocycles. The monoisotopic (exact) mass is 248 g/mol. The second-order valence-electron chi connectivity index (χ2n) is 4.54. The summed E-state index contributed by atoms with van der Waals surface area (Å²) in [6.07, 6.45) is 8.36. The Morgan fingerprint density at radius 3 is 1.94 bits per heavy atom. The summed E-state index contributed by atoms with van der Waals surface area (Å²) >= 11 is 0. The number of likely N-dealkylation sites (N-methyl/N-ethyl adjacent to an activating group) is 1. The highest BCUT2D eigenvalue weighted by Gasteiger charge is 1.97. The molecule has 0 aliphatic carbocycles. The van der Waals surface area contributed by atoms with Gasteiger partial charge in [-0.2, -0.15) is 0 Å². The Hall–Kier alpha value is -0.150. The second-order valence-corrected chi connectivity index (χ2v) is 4.54. The summed E-state index contributed by atoms with van der Waals surface area (Å²) in [7, 11) is 0. The van der Waals surface area contributed by atoms with Crippen molar-refractivity contribution in [1.82, 2.24) is 10.2 Å². The quantitative estimate of drug-likeness (QED) is 0.532. The number of nitrogens with zero attached hydrogens (tertiary/aromatic N) is 1. The molecule has 0 bridgehead atoms. The number of hydrogen-bond acceptors (Lipinski definition) is 2. The second kappa shape index (κ2) is 15.9. The number of rotatable bonds is 12. The minimum absolute atomic E-state index is 0. The summed E-state index contributed by atoms with van der Waals surface area (Å²) in [5.74, 6) is 0. The van der Waals surface area contributed by atoms with Gasteiger partial charge in [0.2, 0.25) is 0 Å². The SMILES string of the molecule is CCCCCCCCNCCN(CC)CC.F. The average molecular weight is 248 g/mol. The summed E-state index contributed by atoms with van der Waals surface area (Å²) in [6, 6.07) is 0. The van der Waals surface area contributed by atoms with Crippen LogP contribution in [0.4, 0.5) is 4.70 Å². The molecule has 0 aromatic carbocycles. The standard InChI is InChI=1S/C14H32N2.FH/c1-4-7-8-9-10-11-12-15-13-14-16(5-2)6-3;/h15H,4-14H2,1-3H3;1H. The Labute approximate surface area is 108 Å². The average Bonchev–Trinajstić information content (AvgIpc) is 2.32. The smallest absolute Gasteiger partial charge is 0.0107 e. The molecule has 106 valence electrons.